The predicted molar refractivity (Wildman–Crippen MR) is 87.4 cm³/mol. The van der Waals surface area contributed by atoms with E-state index in [0.717, 1.165) is 30.2 Å². The Morgan fingerprint density at radius 3 is 2.25 bits per heavy atom. The third-order valence-corrected chi connectivity index (χ3v) is 5.21. The maximum atomic E-state index is 12.7. The van der Waals surface area contributed by atoms with Gasteiger partial charge in [0.25, 0.3) is 10.0 Å². The molecule has 2 aromatic carbocycles. The van der Waals surface area contributed by atoms with Crippen LogP contribution < -0.4 is 4.72 Å². The zero-order valence-electron chi connectivity index (χ0n) is 13.3. The Morgan fingerprint density at radius 2 is 1.71 bits per heavy atom. The second-order valence-corrected chi connectivity index (χ2v) is 7.24. The molecule has 7 heteroatoms. The van der Waals surface area contributed by atoms with Crippen molar-refractivity contribution in [2.24, 2.45) is 0 Å². The lowest BCUT2D eigenvalue weighted by Crippen LogP contribution is -2.14. The van der Waals surface area contributed by atoms with Gasteiger partial charge < -0.3 is 0 Å². The second-order valence-electron chi connectivity index (χ2n) is 5.56. The normalized spacial score (nSPS) is 13.5. The van der Waals surface area contributed by atoms with Crippen LogP contribution in [0, 0.1) is 0 Å². The molecule has 0 aliphatic heterocycles. The molecule has 0 saturated heterocycles. The second kappa shape index (κ2) is 6.84. The number of nitrogens with one attached hydrogen (secondary N) is 1. The highest BCUT2D eigenvalue weighted by Gasteiger charge is 2.30. The van der Waals surface area contributed by atoms with Crippen LogP contribution in [0.3, 0.4) is 0 Å². The summed E-state index contributed by atoms with van der Waals surface area (Å²) in [5, 5.41) is 0. The number of rotatable bonds is 5. The first kappa shape index (κ1) is 18.3. The van der Waals surface area contributed by atoms with E-state index in [0.29, 0.717) is 5.92 Å². The van der Waals surface area contributed by atoms with Crippen LogP contribution in [0.4, 0.5) is 18.9 Å². The number of anilines is 1. The molecule has 0 aromatic heterocycles. The molecule has 3 nitrogen and oxygen atoms in total. The molecule has 0 radical (unpaired) electrons. The van der Waals surface area contributed by atoms with E-state index in [-0.39, 0.29) is 10.6 Å². The molecule has 0 heterocycles. The van der Waals surface area contributed by atoms with Crippen LogP contribution in [-0.4, -0.2) is 8.42 Å². The minimum Gasteiger partial charge on any atom is -0.280 e. The van der Waals surface area contributed by atoms with Crippen LogP contribution in [0.2, 0.25) is 0 Å². The summed E-state index contributed by atoms with van der Waals surface area (Å²) in [5.41, 5.74) is -0.0267. The van der Waals surface area contributed by atoms with Gasteiger partial charge in [-0.05, 0) is 48.2 Å². The van der Waals surface area contributed by atoms with Gasteiger partial charge in [0.2, 0.25) is 0 Å². The van der Waals surface area contributed by atoms with E-state index < -0.39 is 21.8 Å². The summed E-state index contributed by atoms with van der Waals surface area (Å²) in [6, 6.07) is 10.4. The molecule has 0 saturated carbocycles. The van der Waals surface area contributed by atoms with E-state index in [2.05, 4.69) is 4.72 Å². The van der Waals surface area contributed by atoms with Crippen LogP contribution in [0.5, 0.6) is 0 Å². The van der Waals surface area contributed by atoms with Gasteiger partial charge in [-0.2, -0.15) is 13.2 Å². The van der Waals surface area contributed by atoms with Crippen molar-refractivity contribution in [2.45, 2.75) is 37.3 Å². The molecule has 0 aliphatic carbocycles. The first-order valence-electron chi connectivity index (χ1n) is 7.43. The molecule has 0 amide bonds. The average molecular weight is 357 g/mol. The van der Waals surface area contributed by atoms with E-state index in [1.165, 1.54) is 18.2 Å². The minimum atomic E-state index is -4.53. The number of halogens is 3. The van der Waals surface area contributed by atoms with Crippen molar-refractivity contribution < 1.29 is 21.6 Å². The van der Waals surface area contributed by atoms with Gasteiger partial charge in [-0.1, -0.05) is 32.0 Å². The van der Waals surface area contributed by atoms with E-state index in [1.54, 1.807) is 12.1 Å². The lowest BCUT2D eigenvalue weighted by Gasteiger charge is -2.13. The van der Waals surface area contributed by atoms with Crippen LogP contribution in [0.1, 0.15) is 37.3 Å². The molecule has 0 fully saturated rings. The van der Waals surface area contributed by atoms with Gasteiger partial charge >= 0.3 is 6.18 Å². The first-order valence-corrected chi connectivity index (χ1v) is 8.92. The predicted octanol–water partition coefficient (Wildman–Crippen LogP) is 5.02. The van der Waals surface area contributed by atoms with Gasteiger partial charge in [0.1, 0.15) is 0 Å². The highest BCUT2D eigenvalue weighted by atomic mass is 32.2. The highest BCUT2D eigenvalue weighted by molar-refractivity contribution is 7.92. The average Bonchev–Trinajstić information content (AvgIpc) is 2.53. The van der Waals surface area contributed by atoms with Crippen molar-refractivity contribution in [1.82, 2.24) is 0 Å². The van der Waals surface area contributed by atoms with E-state index >= 15 is 0 Å². The van der Waals surface area contributed by atoms with Crippen LogP contribution >= 0.6 is 0 Å². The van der Waals surface area contributed by atoms with Crippen molar-refractivity contribution in [3.8, 4) is 0 Å². The quantitative estimate of drug-likeness (QED) is 0.817. The van der Waals surface area contributed by atoms with Gasteiger partial charge in [-0.25, -0.2) is 8.42 Å². The van der Waals surface area contributed by atoms with Crippen LogP contribution in [0.15, 0.2) is 53.4 Å². The Bertz CT molecular complexity index is 799. The first-order chi connectivity index (χ1) is 11.1. The third-order valence-electron chi connectivity index (χ3n) is 3.81. The fraction of sp³-hybridized carbons (Fsp3) is 0.294. The molecule has 2 aromatic rings. The SMILES string of the molecule is CCC(C)c1ccc(S(=O)(=O)Nc2cccc(C(F)(F)F)c2)cc1. The molecular formula is C17H18F3NO2S. The van der Waals surface area contributed by atoms with Gasteiger partial charge in [-0.15, -0.1) is 0 Å². The Balaban J connectivity index is 2.25. The third kappa shape index (κ3) is 4.29. The summed E-state index contributed by atoms with van der Waals surface area (Å²) in [7, 11) is -3.94. The molecule has 1 N–H and O–H groups in total. The monoisotopic (exact) mass is 357 g/mol. The number of alkyl halides is 3. The Morgan fingerprint density at radius 1 is 1.08 bits per heavy atom. The van der Waals surface area contributed by atoms with Crippen molar-refractivity contribution in [3.63, 3.8) is 0 Å². The zero-order valence-corrected chi connectivity index (χ0v) is 14.1. The summed E-state index contributed by atoms with van der Waals surface area (Å²) < 4.78 is 64.9. The fourth-order valence-corrected chi connectivity index (χ4v) is 3.23. The number of hydrogen-bond donors (Lipinski definition) is 1. The van der Waals surface area contributed by atoms with Crippen molar-refractivity contribution in [3.05, 3.63) is 59.7 Å². The topological polar surface area (TPSA) is 46.2 Å². The lowest BCUT2D eigenvalue weighted by molar-refractivity contribution is -0.137. The highest BCUT2D eigenvalue weighted by Crippen LogP contribution is 2.31. The van der Waals surface area contributed by atoms with Crippen molar-refractivity contribution in [1.29, 1.82) is 0 Å². The largest absolute Gasteiger partial charge is 0.416 e. The van der Waals surface area contributed by atoms with Gasteiger partial charge in [-0.3, -0.25) is 4.72 Å². The molecule has 1 unspecified atom stereocenters. The van der Waals surface area contributed by atoms with E-state index in [9.17, 15) is 21.6 Å². The van der Waals surface area contributed by atoms with Gasteiger partial charge in [0, 0.05) is 5.69 Å². The molecule has 0 spiro atoms. The van der Waals surface area contributed by atoms with Crippen molar-refractivity contribution in [2.75, 3.05) is 4.72 Å². The lowest BCUT2D eigenvalue weighted by atomic mass is 9.99. The smallest absolute Gasteiger partial charge is 0.280 e. The molecule has 130 valence electrons. The van der Waals surface area contributed by atoms with Gasteiger partial charge in [0.15, 0.2) is 0 Å². The number of sulfonamides is 1. The Kier molecular flexibility index (Phi) is 5.22. The molecule has 24 heavy (non-hydrogen) atoms. The summed E-state index contributed by atoms with van der Waals surface area (Å²) in [5.74, 6) is 0.304. The van der Waals surface area contributed by atoms with Gasteiger partial charge in [0.05, 0.1) is 10.5 Å². The van der Waals surface area contributed by atoms with E-state index in [1.807, 2.05) is 13.8 Å². The van der Waals surface area contributed by atoms with Crippen LogP contribution in [-0.2, 0) is 16.2 Å². The molecular weight excluding hydrogens is 339 g/mol. The van der Waals surface area contributed by atoms with E-state index in [4.69, 9.17) is 0 Å². The maximum absolute atomic E-state index is 12.7. The number of hydrogen-bond acceptors (Lipinski definition) is 2. The summed E-state index contributed by atoms with van der Waals surface area (Å²) >= 11 is 0. The minimum absolute atomic E-state index is 0.00645. The van der Waals surface area contributed by atoms with Crippen molar-refractivity contribution >= 4 is 15.7 Å². The number of benzene rings is 2. The zero-order chi connectivity index (χ0) is 18.0. The molecule has 0 bridgehead atoms. The Labute approximate surface area is 139 Å². The Hall–Kier alpha value is -2.02. The summed E-state index contributed by atoms with van der Waals surface area (Å²) in [4.78, 5) is 0.00645. The maximum Gasteiger partial charge on any atom is 0.416 e. The summed E-state index contributed by atoms with van der Waals surface area (Å²) in [6.45, 7) is 4.06. The molecule has 1 atom stereocenters. The standard InChI is InChI=1S/C17H18F3NO2S/c1-3-12(2)13-7-9-16(10-8-13)24(22,23)21-15-6-4-5-14(11-15)17(18,19)20/h4-12,21H,3H2,1-2H3. The summed E-state index contributed by atoms with van der Waals surface area (Å²) in [6.07, 6.45) is -3.60. The van der Waals surface area contributed by atoms with Crippen LogP contribution in [0.25, 0.3) is 0 Å². The molecule has 2 rings (SSSR count). The fourth-order valence-electron chi connectivity index (χ4n) is 2.18. The molecule has 0 aliphatic rings.